The maximum absolute atomic E-state index is 14.5. The van der Waals surface area contributed by atoms with Gasteiger partial charge in [-0.25, -0.2) is 9.97 Å². The lowest BCUT2D eigenvalue weighted by Crippen LogP contribution is -2.62. The fourth-order valence-electron chi connectivity index (χ4n) is 4.11. The minimum Gasteiger partial charge on any atom is -0.391 e. The molecule has 32 heavy (non-hydrogen) atoms. The van der Waals surface area contributed by atoms with Gasteiger partial charge in [0.25, 0.3) is 5.91 Å². The van der Waals surface area contributed by atoms with Crippen molar-refractivity contribution in [3.8, 4) is 0 Å². The maximum Gasteiger partial charge on any atom is 0.251 e. The number of nitrogens with zero attached hydrogens (tertiary/aromatic N) is 4. The van der Waals surface area contributed by atoms with Gasteiger partial charge in [-0.1, -0.05) is 23.2 Å². The first-order valence-corrected chi connectivity index (χ1v) is 10.8. The van der Waals surface area contributed by atoms with E-state index in [1.807, 2.05) is 0 Å². The third-order valence-corrected chi connectivity index (χ3v) is 5.98. The number of carbonyl (C=O) groups excluding carboxylic acids is 2. The fourth-order valence-corrected chi connectivity index (χ4v) is 4.63. The molecule has 3 atom stereocenters. The number of piperidine rings is 2. The zero-order chi connectivity index (χ0) is 23.0. The van der Waals surface area contributed by atoms with Crippen molar-refractivity contribution >= 4 is 52.3 Å². The van der Waals surface area contributed by atoms with Crippen LogP contribution >= 0.6 is 23.2 Å². The number of hydrogen-bond donors (Lipinski definition) is 3. The Morgan fingerprint density at radius 3 is 2.59 bits per heavy atom. The number of hydrogen-bond acceptors (Lipinski definition) is 7. The molecule has 3 heterocycles. The largest absolute Gasteiger partial charge is 0.391 e. The van der Waals surface area contributed by atoms with Crippen molar-refractivity contribution < 1.29 is 19.1 Å². The minimum atomic E-state index is -0.971. The molecule has 1 unspecified atom stereocenters. The normalized spacial score (nSPS) is 24.1. The molecule has 4 rings (SSSR count). The lowest BCUT2D eigenvalue weighted by molar-refractivity contribution is -0.144. The molecule has 2 aliphatic heterocycles. The number of aliphatic hydroxyl groups excluding tert-OH is 1. The second kappa shape index (κ2) is 9.05. The first-order valence-electron chi connectivity index (χ1n) is 10.0. The van der Waals surface area contributed by atoms with Crippen LogP contribution in [0.25, 0.3) is 0 Å². The third kappa shape index (κ3) is 4.43. The van der Waals surface area contributed by atoms with Crippen LogP contribution in [0.3, 0.4) is 0 Å². The van der Waals surface area contributed by atoms with Crippen LogP contribution in [-0.4, -0.2) is 63.1 Å². The standard InChI is InChI=1S/C20H21Cl2FN6O3/c21-10-4-11(22)6-12(5-10)27-14-2-1-3-28(19(14)31)15-7-13(30)8-29(20(15)32)18-16(23)17(24)25-9-26-18/h4-6,9,13-15,27,30H,1-3,7-8H2,(H2,24,25,26)/t13-,14?,15+/m0/s1. The highest BCUT2D eigenvalue weighted by atomic mass is 35.5. The Morgan fingerprint density at radius 1 is 1.16 bits per heavy atom. The highest BCUT2D eigenvalue weighted by Gasteiger charge is 2.43. The summed E-state index contributed by atoms with van der Waals surface area (Å²) in [4.78, 5) is 36.3. The number of anilines is 3. The Kier molecular flexibility index (Phi) is 6.36. The van der Waals surface area contributed by atoms with Crippen LogP contribution in [0.2, 0.25) is 10.0 Å². The fraction of sp³-hybridized carbons (Fsp3) is 0.400. The van der Waals surface area contributed by atoms with Gasteiger partial charge >= 0.3 is 0 Å². The van der Waals surface area contributed by atoms with Crippen molar-refractivity contribution in [2.45, 2.75) is 37.5 Å². The number of carbonyl (C=O) groups is 2. The second-order valence-electron chi connectivity index (χ2n) is 7.78. The number of nitrogen functional groups attached to an aromatic ring is 1. The Balaban J connectivity index is 1.56. The molecule has 0 radical (unpaired) electrons. The molecule has 9 nitrogen and oxygen atoms in total. The molecule has 4 N–H and O–H groups in total. The first-order chi connectivity index (χ1) is 15.2. The topological polar surface area (TPSA) is 125 Å². The van der Waals surface area contributed by atoms with E-state index in [0.717, 1.165) is 11.2 Å². The van der Waals surface area contributed by atoms with Crippen LogP contribution in [0, 0.1) is 5.82 Å². The van der Waals surface area contributed by atoms with E-state index in [-0.39, 0.29) is 24.7 Å². The van der Waals surface area contributed by atoms with Crippen molar-refractivity contribution in [2.24, 2.45) is 0 Å². The molecule has 2 fully saturated rings. The number of nitrogens with one attached hydrogen (secondary N) is 1. The molecule has 170 valence electrons. The van der Waals surface area contributed by atoms with Crippen molar-refractivity contribution in [3.05, 3.63) is 40.4 Å². The zero-order valence-electron chi connectivity index (χ0n) is 16.8. The quantitative estimate of drug-likeness (QED) is 0.608. The van der Waals surface area contributed by atoms with Gasteiger partial charge in [-0.15, -0.1) is 0 Å². The molecule has 12 heteroatoms. The van der Waals surface area contributed by atoms with E-state index >= 15 is 0 Å². The van der Waals surface area contributed by atoms with Crippen LogP contribution in [0.5, 0.6) is 0 Å². The average Bonchev–Trinajstić information content (AvgIpc) is 2.73. The summed E-state index contributed by atoms with van der Waals surface area (Å²) in [6.45, 7) is 0.173. The smallest absolute Gasteiger partial charge is 0.251 e. The van der Waals surface area contributed by atoms with Crippen molar-refractivity contribution in [2.75, 3.05) is 29.0 Å². The van der Waals surface area contributed by atoms with Crippen molar-refractivity contribution in [1.82, 2.24) is 14.9 Å². The summed E-state index contributed by atoms with van der Waals surface area (Å²) in [6, 6.07) is 3.32. The van der Waals surface area contributed by atoms with Crippen LogP contribution in [0.15, 0.2) is 24.5 Å². The number of β-amino-alcohol motifs (C(OH)–C–C–N with tert-alkyl or cyclic N) is 1. The van der Waals surface area contributed by atoms with E-state index < -0.39 is 35.7 Å². The van der Waals surface area contributed by atoms with Gasteiger partial charge in [-0.3, -0.25) is 14.5 Å². The molecule has 2 amide bonds. The Hall–Kier alpha value is -2.69. The Bertz CT molecular complexity index is 1040. The van der Waals surface area contributed by atoms with Crippen LogP contribution in [0.4, 0.5) is 21.7 Å². The van der Waals surface area contributed by atoms with Gasteiger partial charge < -0.3 is 21.1 Å². The molecule has 1 aromatic heterocycles. The maximum atomic E-state index is 14.5. The van der Waals surface area contributed by atoms with Crippen LogP contribution < -0.4 is 16.0 Å². The summed E-state index contributed by atoms with van der Waals surface area (Å²) in [5.74, 6) is -2.51. The number of aliphatic hydroxyl groups is 1. The molecule has 0 aliphatic carbocycles. The highest BCUT2D eigenvalue weighted by Crippen LogP contribution is 2.29. The molecule has 0 bridgehead atoms. The van der Waals surface area contributed by atoms with Crippen molar-refractivity contribution in [3.63, 3.8) is 0 Å². The van der Waals surface area contributed by atoms with Gasteiger partial charge in [0.15, 0.2) is 11.6 Å². The number of aromatic nitrogens is 2. The molecule has 0 saturated carbocycles. The molecule has 1 aromatic carbocycles. The van der Waals surface area contributed by atoms with Crippen LogP contribution in [-0.2, 0) is 9.59 Å². The van der Waals surface area contributed by atoms with Gasteiger partial charge in [-0.2, -0.15) is 4.39 Å². The Labute approximate surface area is 193 Å². The van der Waals surface area contributed by atoms with E-state index in [4.69, 9.17) is 28.9 Å². The summed E-state index contributed by atoms with van der Waals surface area (Å²) >= 11 is 12.1. The summed E-state index contributed by atoms with van der Waals surface area (Å²) in [5.41, 5.74) is 6.08. The summed E-state index contributed by atoms with van der Waals surface area (Å²) in [6.07, 6.45) is 1.29. The van der Waals surface area contributed by atoms with E-state index in [1.165, 1.54) is 4.90 Å². The molecule has 2 aromatic rings. The van der Waals surface area contributed by atoms with Gasteiger partial charge in [0.05, 0.1) is 12.6 Å². The third-order valence-electron chi connectivity index (χ3n) is 5.55. The number of halogens is 3. The number of benzene rings is 1. The summed E-state index contributed by atoms with van der Waals surface area (Å²) in [7, 11) is 0. The van der Waals surface area contributed by atoms with E-state index in [9.17, 15) is 19.1 Å². The van der Waals surface area contributed by atoms with Gasteiger partial charge in [0.1, 0.15) is 18.4 Å². The Morgan fingerprint density at radius 2 is 1.88 bits per heavy atom. The van der Waals surface area contributed by atoms with E-state index in [2.05, 4.69) is 15.3 Å². The molecular formula is C20H21Cl2FN6O3. The minimum absolute atomic E-state index is 0.0406. The number of nitrogens with two attached hydrogens (primary N) is 1. The SMILES string of the molecule is Nc1ncnc(N2C[C@@H](O)C[C@@H](N3CCCC(Nc4cc(Cl)cc(Cl)c4)C3=O)C2=O)c1F. The molecule has 0 spiro atoms. The molecular weight excluding hydrogens is 462 g/mol. The number of likely N-dealkylation sites (tertiary alicyclic amines) is 1. The molecule has 2 aliphatic rings. The monoisotopic (exact) mass is 482 g/mol. The van der Waals surface area contributed by atoms with Gasteiger partial charge in [-0.05, 0) is 31.0 Å². The second-order valence-corrected chi connectivity index (χ2v) is 8.65. The number of rotatable bonds is 4. The summed E-state index contributed by atoms with van der Waals surface area (Å²) < 4.78 is 14.5. The number of amides is 2. The van der Waals surface area contributed by atoms with Crippen molar-refractivity contribution in [1.29, 1.82) is 0 Å². The first kappa shape index (κ1) is 22.5. The predicted molar refractivity (Wildman–Crippen MR) is 118 cm³/mol. The predicted octanol–water partition coefficient (Wildman–Crippen LogP) is 2.07. The van der Waals surface area contributed by atoms with Crippen LogP contribution in [0.1, 0.15) is 19.3 Å². The molecule has 2 saturated heterocycles. The van der Waals surface area contributed by atoms with E-state index in [0.29, 0.717) is 35.1 Å². The van der Waals surface area contributed by atoms with E-state index in [1.54, 1.807) is 18.2 Å². The van der Waals surface area contributed by atoms with Gasteiger partial charge in [0, 0.05) is 28.7 Å². The lowest BCUT2D eigenvalue weighted by atomic mass is 9.95. The zero-order valence-corrected chi connectivity index (χ0v) is 18.4. The highest BCUT2D eigenvalue weighted by molar-refractivity contribution is 6.35. The lowest BCUT2D eigenvalue weighted by Gasteiger charge is -2.43. The average molecular weight is 483 g/mol. The van der Waals surface area contributed by atoms with Gasteiger partial charge in [0.2, 0.25) is 11.7 Å². The summed E-state index contributed by atoms with van der Waals surface area (Å²) in [5, 5.41) is 14.4.